The van der Waals surface area contributed by atoms with Crippen molar-refractivity contribution in [3.8, 4) is 50.5 Å². The summed E-state index contributed by atoms with van der Waals surface area (Å²) in [6, 6.07) is 68.0. The molecule has 0 N–H and O–H groups in total. The fourth-order valence-corrected chi connectivity index (χ4v) is 13.3. The second-order valence-corrected chi connectivity index (χ2v) is 19.3. The molecule has 13 rings (SSSR count). The van der Waals surface area contributed by atoms with Gasteiger partial charge in [0.05, 0.1) is 43.3 Å². The lowest BCUT2D eigenvalue weighted by atomic mass is 9.70. The van der Waals surface area contributed by atoms with E-state index >= 15 is 0 Å². The summed E-state index contributed by atoms with van der Waals surface area (Å²) >= 11 is 0. The fraction of sp³-hybridized carbons (Fsp3) is 0.0702. The zero-order valence-electron chi connectivity index (χ0n) is 34.1. The second kappa shape index (κ2) is 12.4. The summed E-state index contributed by atoms with van der Waals surface area (Å²) in [6.07, 6.45) is 0. The third-order valence-corrected chi connectivity index (χ3v) is 15.9. The van der Waals surface area contributed by atoms with E-state index in [1.54, 1.807) is 6.07 Å². The van der Waals surface area contributed by atoms with Crippen LogP contribution in [0.4, 0.5) is 0 Å². The highest BCUT2D eigenvalue weighted by atomic mass is 32.2. The average Bonchev–Trinajstić information content (AvgIpc) is 3.93. The number of hydrogen-bond donors (Lipinski definition) is 0. The van der Waals surface area contributed by atoms with Gasteiger partial charge >= 0.3 is 0 Å². The molecule has 0 saturated carbocycles. The van der Waals surface area contributed by atoms with Crippen LogP contribution in [-0.2, 0) is 20.7 Å². The fourth-order valence-electron chi connectivity index (χ4n) is 11.4. The lowest BCUT2D eigenvalue weighted by Crippen LogP contribution is -2.29. The van der Waals surface area contributed by atoms with Crippen molar-refractivity contribution in [2.75, 3.05) is 0 Å². The van der Waals surface area contributed by atoms with Crippen molar-refractivity contribution in [2.45, 2.75) is 34.5 Å². The maximum atomic E-state index is 14.6. The predicted octanol–water partition coefficient (Wildman–Crippen LogP) is 13.3. The first-order valence-electron chi connectivity index (χ1n) is 21.2. The number of nitrogens with zero attached hydrogens (tertiary/aromatic N) is 2. The number of rotatable bonds is 3. The molecule has 0 radical (unpaired) electrons. The molecule has 3 heterocycles. The van der Waals surface area contributed by atoms with Gasteiger partial charge in [0, 0.05) is 27.3 Å². The molecule has 1 spiro atoms. The molecule has 8 aromatic carbocycles. The summed E-state index contributed by atoms with van der Waals surface area (Å²) in [5.74, 6) is 0. The van der Waals surface area contributed by atoms with E-state index in [1.807, 2.05) is 30.3 Å². The van der Waals surface area contributed by atoms with E-state index in [1.165, 1.54) is 44.5 Å². The Bertz CT molecular complexity index is 3650. The maximum Gasteiger partial charge on any atom is 0.207 e. The van der Waals surface area contributed by atoms with Gasteiger partial charge in [-0.2, -0.15) is 0 Å². The molecule has 1 aliphatic heterocycles. The van der Waals surface area contributed by atoms with Crippen molar-refractivity contribution in [3.05, 3.63) is 228 Å². The quantitative estimate of drug-likeness (QED) is 0.178. The van der Waals surface area contributed by atoms with E-state index in [4.69, 9.17) is 4.98 Å². The first-order valence-corrected chi connectivity index (χ1v) is 22.7. The number of hydrogen-bond acceptors (Lipinski definition) is 3. The smallest absolute Gasteiger partial charge is 0.207 e. The summed E-state index contributed by atoms with van der Waals surface area (Å²) < 4.78 is 31.5. The lowest BCUT2D eigenvalue weighted by molar-refractivity contribution is 0.556. The SMILES string of the molecule is CC1(C)c2ccccc2S(=O)(=O)c2cc3c(cc21)c1ccccc1n3-c1cc(-c2ccccc2)nc(-c2cccc3c2-c2ccccc2C32c3ccccc3-c3ccccc32)c1. The molecular formula is C57H38N2O2S. The molecule has 4 nitrogen and oxygen atoms in total. The first kappa shape index (κ1) is 35.4. The molecule has 2 aromatic heterocycles. The van der Waals surface area contributed by atoms with Crippen LogP contribution in [-0.4, -0.2) is 18.0 Å². The van der Waals surface area contributed by atoms with Gasteiger partial charge in [0.15, 0.2) is 0 Å². The summed E-state index contributed by atoms with van der Waals surface area (Å²) in [4.78, 5) is 6.26. The third kappa shape index (κ3) is 4.45. The van der Waals surface area contributed by atoms with Gasteiger partial charge in [-0.1, -0.05) is 172 Å². The van der Waals surface area contributed by atoms with E-state index in [9.17, 15) is 8.42 Å². The van der Waals surface area contributed by atoms with Crippen LogP contribution in [0.15, 0.2) is 204 Å². The van der Waals surface area contributed by atoms with Crippen molar-refractivity contribution in [3.63, 3.8) is 0 Å². The molecule has 0 atom stereocenters. The molecule has 62 heavy (non-hydrogen) atoms. The van der Waals surface area contributed by atoms with Crippen LogP contribution in [0.1, 0.15) is 47.2 Å². The van der Waals surface area contributed by atoms with Crippen molar-refractivity contribution in [1.82, 2.24) is 9.55 Å². The van der Waals surface area contributed by atoms with Crippen LogP contribution >= 0.6 is 0 Å². The number of aromatic nitrogens is 2. The molecule has 10 aromatic rings. The number of pyridine rings is 1. The zero-order valence-corrected chi connectivity index (χ0v) is 34.9. The zero-order chi connectivity index (χ0) is 41.5. The molecule has 3 aliphatic rings. The minimum Gasteiger partial charge on any atom is -0.309 e. The summed E-state index contributed by atoms with van der Waals surface area (Å²) in [5, 5.41) is 2.07. The van der Waals surface area contributed by atoms with E-state index in [0.717, 1.165) is 61.1 Å². The number of para-hydroxylation sites is 1. The van der Waals surface area contributed by atoms with E-state index in [2.05, 4.69) is 176 Å². The van der Waals surface area contributed by atoms with Crippen molar-refractivity contribution in [1.29, 1.82) is 0 Å². The molecule has 0 bridgehead atoms. The van der Waals surface area contributed by atoms with Gasteiger partial charge in [-0.15, -0.1) is 0 Å². The predicted molar refractivity (Wildman–Crippen MR) is 250 cm³/mol. The average molecular weight is 815 g/mol. The number of fused-ring (bicyclic) bond motifs is 15. The molecule has 0 amide bonds. The van der Waals surface area contributed by atoms with Crippen LogP contribution in [0, 0.1) is 0 Å². The molecule has 0 fully saturated rings. The van der Waals surface area contributed by atoms with Gasteiger partial charge in [-0.3, -0.25) is 0 Å². The van der Waals surface area contributed by atoms with Crippen LogP contribution in [0.3, 0.4) is 0 Å². The maximum absolute atomic E-state index is 14.6. The topological polar surface area (TPSA) is 52.0 Å². The van der Waals surface area contributed by atoms with Crippen molar-refractivity contribution >= 4 is 31.6 Å². The van der Waals surface area contributed by atoms with Gasteiger partial charge in [0.2, 0.25) is 9.84 Å². The van der Waals surface area contributed by atoms with E-state index in [-0.39, 0.29) is 0 Å². The highest BCUT2D eigenvalue weighted by Crippen LogP contribution is 2.64. The van der Waals surface area contributed by atoms with Crippen molar-refractivity contribution in [2.24, 2.45) is 0 Å². The van der Waals surface area contributed by atoms with Gasteiger partial charge < -0.3 is 4.57 Å². The molecule has 0 unspecified atom stereocenters. The van der Waals surface area contributed by atoms with Gasteiger partial charge in [0.1, 0.15) is 0 Å². The highest BCUT2D eigenvalue weighted by molar-refractivity contribution is 7.91. The summed E-state index contributed by atoms with van der Waals surface area (Å²) in [6.45, 7) is 4.27. The van der Waals surface area contributed by atoms with Crippen molar-refractivity contribution < 1.29 is 8.42 Å². The van der Waals surface area contributed by atoms with E-state index in [0.29, 0.717) is 9.79 Å². The minimum absolute atomic E-state index is 0.357. The van der Waals surface area contributed by atoms with Crippen LogP contribution in [0.2, 0.25) is 0 Å². The molecule has 294 valence electrons. The minimum atomic E-state index is -3.82. The van der Waals surface area contributed by atoms with Crippen LogP contribution in [0.25, 0.3) is 72.3 Å². The Labute approximate surface area is 360 Å². The van der Waals surface area contributed by atoms with Gasteiger partial charge in [0.25, 0.3) is 0 Å². The Balaban J connectivity index is 1.11. The number of benzene rings is 8. The second-order valence-electron chi connectivity index (χ2n) is 17.4. The summed E-state index contributed by atoms with van der Waals surface area (Å²) in [7, 11) is -3.82. The molecule has 2 aliphatic carbocycles. The summed E-state index contributed by atoms with van der Waals surface area (Å²) in [5.41, 5.74) is 17.1. The Morgan fingerprint density at radius 3 is 1.74 bits per heavy atom. The Kier molecular flexibility index (Phi) is 7.07. The third-order valence-electron chi connectivity index (χ3n) is 14.0. The Hall–Kier alpha value is -7.34. The normalized spacial score (nSPS) is 15.5. The number of sulfone groups is 1. The largest absolute Gasteiger partial charge is 0.309 e. The van der Waals surface area contributed by atoms with E-state index < -0.39 is 20.7 Å². The van der Waals surface area contributed by atoms with Gasteiger partial charge in [-0.05, 0) is 92.0 Å². The van der Waals surface area contributed by atoms with Crippen LogP contribution < -0.4 is 0 Å². The lowest BCUT2D eigenvalue weighted by Gasteiger charge is -2.34. The Morgan fingerprint density at radius 1 is 0.435 bits per heavy atom. The Morgan fingerprint density at radius 2 is 1.00 bits per heavy atom. The monoisotopic (exact) mass is 814 g/mol. The molecule has 0 saturated heterocycles. The standard InChI is InChI=1S/C57H38N2O2S/c1-56(2)46-27-13-15-30-53(46)62(60,61)54-34-52-42(33-48(54)56)39-21-9-14-29-51(39)59(52)36-31-49(35-17-4-3-5-18-35)58-50(32-36)41-23-16-28-47-55(41)40-22-8-12-26-45(40)57(47)43-24-10-6-19-37(43)38-20-7-11-25-44(38)57/h3-34H,1-2H3. The van der Waals surface area contributed by atoms with Crippen LogP contribution in [0.5, 0.6) is 0 Å². The van der Waals surface area contributed by atoms with Gasteiger partial charge in [-0.25, -0.2) is 13.4 Å². The first-order chi connectivity index (χ1) is 30.3. The molecular weight excluding hydrogens is 777 g/mol. The highest BCUT2D eigenvalue weighted by Gasteiger charge is 2.52. The molecule has 5 heteroatoms.